The van der Waals surface area contributed by atoms with Crippen LogP contribution >= 0.6 is 22.7 Å². The molecule has 0 amide bonds. The molecule has 0 radical (unpaired) electrons. The third-order valence-corrected chi connectivity index (χ3v) is 4.62. The van der Waals surface area contributed by atoms with Crippen LogP contribution in [0.2, 0.25) is 0 Å². The van der Waals surface area contributed by atoms with Crippen LogP contribution in [0.1, 0.15) is 22.6 Å². The van der Waals surface area contributed by atoms with E-state index in [1.54, 1.807) is 29.6 Å². The molecule has 0 aliphatic rings. The third kappa shape index (κ3) is 2.18. The first-order chi connectivity index (χ1) is 7.58. The van der Waals surface area contributed by atoms with E-state index in [1.165, 1.54) is 10.4 Å². The summed E-state index contributed by atoms with van der Waals surface area (Å²) in [4.78, 5) is 14.2. The number of carbonyl (C=O) groups is 1. The third-order valence-electron chi connectivity index (χ3n) is 2.44. The molecule has 0 aliphatic carbocycles. The van der Waals surface area contributed by atoms with Crippen molar-refractivity contribution >= 4 is 28.6 Å². The van der Waals surface area contributed by atoms with Gasteiger partial charge in [-0.1, -0.05) is 0 Å². The van der Waals surface area contributed by atoms with Crippen molar-refractivity contribution < 1.29 is 9.90 Å². The van der Waals surface area contributed by atoms with Gasteiger partial charge in [-0.3, -0.25) is 4.79 Å². The Labute approximate surface area is 102 Å². The minimum Gasteiger partial charge on any atom is -0.481 e. The molecule has 1 unspecified atom stereocenters. The maximum atomic E-state index is 10.9. The first-order valence-electron chi connectivity index (χ1n) is 4.96. The molecule has 2 heterocycles. The molecule has 0 saturated carbocycles. The second kappa shape index (κ2) is 4.39. The fourth-order valence-corrected chi connectivity index (χ4v) is 3.25. The zero-order valence-corrected chi connectivity index (χ0v) is 10.7. The smallest absolute Gasteiger partial charge is 0.311 e. The van der Waals surface area contributed by atoms with E-state index in [1.807, 2.05) is 12.1 Å². The highest BCUT2D eigenvalue weighted by Gasteiger charge is 2.16. The van der Waals surface area contributed by atoms with Gasteiger partial charge in [-0.15, -0.1) is 22.7 Å². The summed E-state index contributed by atoms with van der Waals surface area (Å²) in [7, 11) is 0. The van der Waals surface area contributed by atoms with Crippen LogP contribution in [0.25, 0.3) is 10.4 Å². The van der Waals surface area contributed by atoms with Crippen LogP contribution in [0.3, 0.4) is 0 Å². The van der Waals surface area contributed by atoms with Gasteiger partial charge >= 0.3 is 5.97 Å². The molecule has 1 N–H and O–H groups in total. The summed E-state index contributed by atoms with van der Waals surface area (Å²) in [5, 5.41) is 11.0. The van der Waals surface area contributed by atoms with Crippen molar-refractivity contribution in [2.45, 2.75) is 19.8 Å². The van der Waals surface area contributed by atoms with Gasteiger partial charge in [0.05, 0.1) is 5.92 Å². The second-order valence-corrected chi connectivity index (χ2v) is 5.94. The van der Waals surface area contributed by atoms with Crippen LogP contribution in [0.4, 0.5) is 0 Å². The number of rotatable bonds is 3. The number of carboxylic acid groups (broad SMARTS) is 1. The van der Waals surface area contributed by atoms with Gasteiger partial charge in [0.1, 0.15) is 0 Å². The minimum atomic E-state index is -0.769. The van der Waals surface area contributed by atoms with E-state index in [-0.39, 0.29) is 0 Å². The van der Waals surface area contributed by atoms with E-state index in [0.717, 1.165) is 9.75 Å². The molecule has 0 fully saturated rings. The summed E-state index contributed by atoms with van der Waals surface area (Å²) in [6, 6.07) is 6.04. The van der Waals surface area contributed by atoms with Crippen LogP contribution < -0.4 is 0 Å². The molecule has 0 aliphatic heterocycles. The Hall–Kier alpha value is -1.13. The normalized spacial score (nSPS) is 12.6. The number of hydrogen-bond donors (Lipinski definition) is 1. The molecular weight excluding hydrogens is 240 g/mol. The highest BCUT2D eigenvalue weighted by atomic mass is 32.1. The maximum Gasteiger partial charge on any atom is 0.311 e. The Morgan fingerprint density at radius 1 is 1.44 bits per heavy atom. The van der Waals surface area contributed by atoms with E-state index in [0.29, 0.717) is 0 Å². The number of thiophene rings is 2. The summed E-state index contributed by atoms with van der Waals surface area (Å²) in [6.07, 6.45) is 0. The lowest BCUT2D eigenvalue weighted by atomic mass is 10.1. The van der Waals surface area contributed by atoms with Crippen LogP contribution in [0.5, 0.6) is 0 Å². The summed E-state index contributed by atoms with van der Waals surface area (Å²) in [6.45, 7) is 3.79. The number of aliphatic carboxylic acids is 1. The largest absolute Gasteiger partial charge is 0.481 e. The first kappa shape index (κ1) is 11.4. The topological polar surface area (TPSA) is 37.3 Å². The SMILES string of the molecule is Cc1cc(-c2ccc(C(C)C(=O)O)s2)cs1. The first-order valence-corrected chi connectivity index (χ1v) is 6.65. The van der Waals surface area contributed by atoms with E-state index < -0.39 is 11.9 Å². The van der Waals surface area contributed by atoms with E-state index >= 15 is 0 Å². The molecule has 4 heteroatoms. The monoisotopic (exact) mass is 252 g/mol. The Bertz CT molecular complexity index is 511. The van der Waals surface area contributed by atoms with Crippen LogP contribution in [0, 0.1) is 6.92 Å². The van der Waals surface area contributed by atoms with Gasteiger partial charge in [-0.05, 0) is 37.4 Å². The molecule has 84 valence electrons. The molecular formula is C12H12O2S2. The summed E-state index contributed by atoms with van der Waals surface area (Å²) < 4.78 is 0. The fourth-order valence-electron chi connectivity index (χ4n) is 1.44. The van der Waals surface area contributed by atoms with E-state index in [4.69, 9.17) is 5.11 Å². The van der Waals surface area contributed by atoms with Gasteiger partial charge in [0, 0.05) is 20.2 Å². The predicted octanol–water partition coefficient (Wildman–Crippen LogP) is 3.97. The van der Waals surface area contributed by atoms with Crippen molar-refractivity contribution in [2.24, 2.45) is 0 Å². The van der Waals surface area contributed by atoms with Crippen molar-refractivity contribution in [3.8, 4) is 10.4 Å². The van der Waals surface area contributed by atoms with Gasteiger partial charge in [-0.2, -0.15) is 0 Å². The quantitative estimate of drug-likeness (QED) is 0.897. The van der Waals surface area contributed by atoms with Crippen molar-refractivity contribution in [3.63, 3.8) is 0 Å². The van der Waals surface area contributed by atoms with E-state index in [9.17, 15) is 4.79 Å². The average Bonchev–Trinajstić information content (AvgIpc) is 2.84. The van der Waals surface area contributed by atoms with Crippen LogP contribution in [-0.2, 0) is 4.79 Å². The molecule has 2 rings (SSSR count). The van der Waals surface area contributed by atoms with Crippen molar-refractivity contribution in [2.75, 3.05) is 0 Å². The van der Waals surface area contributed by atoms with Crippen molar-refractivity contribution in [1.29, 1.82) is 0 Å². The molecule has 0 spiro atoms. The van der Waals surface area contributed by atoms with Crippen LogP contribution in [-0.4, -0.2) is 11.1 Å². The molecule has 0 saturated heterocycles. The van der Waals surface area contributed by atoms with Gasteiger partial charge in [0.15, 0.2) is 0 Å². The number of carboxylic acids is 1. The summed E-state index contributed by atoms with van der Waals surface area (Å²) in [5.74, 6) is -1.19. The number of aryl methyl sites for hydroxylation is 1. The van der Waals surface area contributed by atoms with Gasteiger partial charge in [0.2, 0.25) is 0 Å². The Morgan fingerprint density at radius 3 is 2.75 bits per heavy atom. The van der Waals surface area contributed by atoms with Gasteiger partial charge in [-0.25, -0.2) is 0 Å². The summed E-state index contributed by atoms with van der Waals surface area (Å²) >= 11 is 3.28. The fraction of sp³-hybridized carbons (Fsp3) is 0.250. The standard InChI is InChI=1S/C12H12O2S2/c1-7-5-9(6-15-7)11-4-3-10(16-11)8(2)12(13)14/h3-6,8H,1-2H3,(H,13,14). The molecule has 0 bridgehead atoms. The molecule has 16 heavy (non-hydrogen) atoms. The Morgan fingerprint density at radius 2 is 2.19 bits per heavy atom. The van der Waals surface area contributed by atoms with Crippen molar-refractivity contribution in [1.82, 2.24) is 0 Å². The number of hydrogen-bond acceptors (Lipinski definition) is 3. The van der Waals surface area contributed by atoms with Crippen LogP contribution in [0.15, 0.2) is 23.6 Å². The second-order valence-electron chi connectivity index (χ2n) is 3.71. The maximum absolute atomic E-state index is 10.9. The highest BCUT2D eigenvalue weighted by molar-refractivity contribution is 7.16. The Kier molecular flexibility index (Phi) is 3.12. The lowest BCUT2D eigenvalue weighted by Crippen LogP contribution is -2.04. The molecule has 2 nitrogen and oxygen atoms in total. The lowest BCUT2D eigenvalue weighted by molar-refractivity contribution is -0.138. The van der Waals surface area contributed by atoms with Crippen molar-refractivity contribution in [3.05, 3.63) is 33.3 Å². The minimum absolute atomic E-state index is 0.418. The van der Waals surface area contributed by atoms with Gasteiger partial charge in [0.25, 0.3) is 0 Å². The zero-order chi connectivity index (χ0) is 11.7. The molecule has 1 atom stereocenters. The average molecular weight is 252 g/mol. The van der Waals surface area contributed by atoms with E-state index in [2.05, 4.69) is 18.4 Å². The molecule has 0 aromatic carbocycles. The van der Waals surface area contributed by atoms with Gasteiger partial charge < -0.3 is 5.11 Å². The zero-order valence-electron chi connectivity index (χ0n) is 9.06. The Balaban J connectivity index is 2.29. The highest BCUT2D eigenvalue weighted by Crippen LogP contribution is 2.34. The lowest BCUT2D eigenvalue weighted by Gasteiger charge is -2.00. The summed E-state index contributed by atoms with van der Waals surface area (Å²) in [5.41, 5.74) is 1.19. The molecule has 2 aromatic rings. The molecule has 2 aromatic heterocycles. The predicted molar refractivity (Wildman–Crippen MR) is 68.4 cm³/mol.